The lowest BCUT2D eigenvalue weighted by atomic mass is 10.1. The lowest BCUT2D eigenvalue weighted by Gasteiger charge is -2.20. The van der Waals surface area contributed by atoms with Crippen LogP contribution in [0, 0.1) is 0 Å². The number of hydrogen-bond donors (Lipinski definition) is 10. The fraction of sp³-hybridized carbons (Fsp3) is 0.355. The Morgan fingerprint density at radius 3 is 0.944 bits per heavy atom. The third-order valence-electron chi connectivity index (χ3n) is 23.9. The number of likely N-dealkylation sites (N-methyl/N-ethyl adjacent to an activating group) is 5. The summed E-state index contributed by atoms with van der Waals surface area (Å²) in [7, 11) is 19.4. The zero-order valence-electron chi connectivity index (χ0n) is 80.8. The van der Waals surface area contributed by atoms with Gasteiger partial charge in [-0.1, -0.05) is 132 Å². The van der Waals surface area contributed by atoms with Crippen LogP contribution in [0.1, 0.15) is 161 Å². The lowest BCUT2D eigenvalue weighted by Crippen LogP contribution is -2.47. The summed E-state index contributed by atoms with van der Waals surface area (Å²) in [6.45, 7) is 0. The number of carbonyl (C=O) groups is 10. The van der Waals surface area contributed by atoms with E-state index in [1.165, 1.54) is 4.90 Å². The number of azide groups is 2. The number of anilines is 6. The van der Waals surface area contributed by atoms with Gasteiger partial charge in [-0.05, 0) is 110 Å². The highest BCUT2D eigenvalue weighted by molar-refractivity contribution is 6.05. The third kappa shape index (κ3) is 25.7. The van der Waals surface area contributed by atoms with E-state index in [9.17, 15) is 47.9 Å². The van der Waals surface area contributed by atoms with Crippen LogP contribution in [0.3, 0.4) is 0 Å². The van der Waals surface area contributed by atoms with Crippen molar-refractivity contribution in [3.05, 3.63) is 282 Å². The molecule has 51 heteroatoms. The van der Waals surface area contributed by atoms with E-state index in [-0.39, 0.29) is 64.8 Å². The number of aromatic amines is 4. The molecule has 11 N–H and O–H groups in total. The number of amides is 9. The molecular weight excluding hydrogens is 1850 g/mol. The van der Waals surface area contributed by atoms with Gasteiger partial charge in [0.2, 0.25) is 52.9 Å². The number of hydrogen-bond acceptors (Lipinski definition) is 27. The molecule has 4 aromatic carbocycles. The van der Waals surface area contributed by atoms with Gasteiger partial charge in [0.1, 0.15) is 53.5 Å². The number of aromatic carboxylic acids is 1. The summed E-state index contributed by atoms with van der Waals surface area (Å²) >= 11 is 0. The van der Waals surface area contributed by atoms with E-state index < -0.39 is 53.9 Å². The fourth-order valence-electron chi connectivity index (χ4n) is 16.6. The van der Waals surface area contributed by atoms with Crippen LogP contribution < -0.4 is 51.5 Å². The summed E-state index contributed by atoms with van der Waals surface area (Å²) in [6.07, 6.45) is 20.0. The van der Waals surface area contributed by atoms with E-state index in [0.29, 0.717) is 125 Å². The molecule has 20 rings (SSSR count). The van der Waals surface area contributed by atoms with Gasteiger partial charge >= 0.3 is 5.97 Å². The van der Waals surface area contributed by atoms with Crippen molar-refractivity contribution in [2.75, 3.05) is 65.1 Å². The Balaban J connectivity index is 0.000000136. The van der Waals surface area contributed by atoms with Gasteiger partial charge in [0.25, 0.3) is 23.5 Å². The molecule has 0 aliphatic carbocycles. The summed E-state index contributed by atoms with van der Waals surface area (Å²) in [4.78, 5) is 151. The maximum atomic E-state index is 12.8. The van der Waals surface area contributed by atoms with Gasteiger partial charge < -0.3 is 56.6 Å². The molecule has 10 aromatic heterocycles. The smallest absolute Gasteiger partial charge is 0.375 e. The number of rotatable bonds is 17. The average Bonchev–Trinajstić information content (AvgIpc) is 1.69. The molecule has 0 radical (unpaired) electrons. The largest absolute Gasteiger partial charge is 0.475 e. The second kappa shape index (κ2) is 46.6. The summed E-state index contributed by atoms with van der Waals surface area (Å²) in [5, 5.41) is 79.0. The molecule has 144 heavy (non-hydrogen) atoms. The number of carboxylic acid groups (broad SMARTS) is 1. The molecule has 0 spiro atoms. The number of nitrogens with one attached hydrogen (secondary N) is 8. The molecule has 0 saturated heterocycles. The minimum absolute atomic E-state index is 0.0297. The zero-order chi connectivity index (χ0) is 103. The number of carbonyl (C=O) groups excluding carboxylic acids is 9. The molecule has 9 amide bonds. The zero-order valence-corrected chi connectivity index (χ0v) is 80.8. The number of benzene rings is 4. The maximum Gasteiger partial charge on any atom is 0.375 e. The van der Waals surface area contributed by atoms with Crippen molar-refractivity contribution in [2.24, 2.45) is 58.2 Å². The predicted molar refractivity (Wildman–Crippen MR) is 522 cm³/mol. The van der Waals surface area contributed by atoms with Crippen molar-refractivity contribution in [1.82, 2.24) is 135 Å². The number of aryl methyl sites for hydroxylation is 12. The van der Waals surface area contributed by atoms with Crippen LogP contribution in [0.4, 0.5) is 34.1 Å². The highest BCUT2D eigenvalue weighted by atomic mass is 16.4. The van der Waals surface area contributed by atoms with Crippen LogP contribution in [0.15, 0.2) is 169 Å². The minimum atomic E-state index is -1.12. The van der Waals surface area contributed by atoms with Gasteiger partial charge in [-0.15, -0.1) is 20.4 Å². The molecule has 6 atom stereocenters. The molecule has 746 valence electrons. The van der Waals surface area contributed by atoms with Crippen molar-refractivity contribution < 1.29 is 53.1 Å². The molecule has 4 unspecified atom stereocenters. The number of fused-ring (bicyclic) bond motifs is 6. The number of nitrogens with two attached hydrogens (primary N) is 1. The van der Waals surface area contributed by atoms with E-state index in [1.54, 1.807) is 102 Å². The van der Waals surface area contributed by atoms with E-state index in [1.807, 2.05) is 181 Å². The van der Waals surface area contributed by atoms with Crippen molar-refractivity contribution in [3.63, 3.8) is 0 Å². The fourth-order valence-corrected chi connectivity index (χ4v) is 16.6. The SMILES string of the molecule is CN1C(=O)C(N)CCc2nn(C)cc21.CN1C(=O)C(N=[N+]=[N-])CCc2nn(C)cc21.CN1C(=O)C(NC(=O)c2n[nH]c(Cc3ccccc3)n2)CCc2nn(C)cc21.CN1C(=O)[C@@H](NC(=O)c2n[nH]c(Cc3ccccc3)n2)CCc2nn(C)cc21.CN1C(=O)[C@H](NC(=O)c2n[nH]c(Cc3ccccc3)n2)CCc2nn(C)cc21.Cn1cc2c(n1)CCC(N=[N+]=[N-])C(=O)N2.O=C(O)c1n[nH]c(Cc2ccccc2)n1. The number of carboxylic acids is 1. The number of nitrogens with zero attached hydrogens (tertiary/aromatic N) is 31. The predicted octanol–water partition coefficient (Wildman–Crippen LogP) is 5.25. The van der Waals surface area contributed by atoms with Crippen LogP contribution in [0.2, 0.25) is 0 Å². The van der Waals surface area contributed by atoms with Crippen LogP contribution in [-0.4, -0.2) is 255 Å². The number of H-pyrrole nitrogens is 4. The Morgan fingerprint density at radius 2 is 0.625 bits per heavy atom. The molecule has 0 saturated carbocycles. The van der Waals surface area contributed by atoms with Crippen molar-refractivity contribution >= 4 is 93.3 Å². The van der Waals surface area contributed by atoms with Crippen LogP contribution in [0.25, 0.3) is 20.9 Å². The van der Waals surface area contributed by atoms with Crippen molar-refractivity contribution in [1.29, 1.82) is 0 Å². The Hall–Kier alpha value is -18.0. The first-order valence-corrected chi connectivity index (χ1v) is 45.9. The van der Waals surface area contributed by atoms with Gasteiger partial charge in [0.15, 0.2) is 0 Å². The number of aromatic nitrogens is 24. The Labute approximate surface area is 822 Å². The van der Waals surface area contributed by atoms with E-state index >= 15 is 0 Å². The van der Waals surface area contributed by atoms with Crippen LogP contribution >= 0.6 is 0 Å². The van der Waals surface area contributed by atoms with E-state index in [0.717, 1.165) is 91.3 Å². The maximum absolute atomic E-state index is 12.8. The summed E-state index contributed by atoms with van der Waals surface area (Å²) < 4.78 is 10.1. The first kappa shape index (κ1) is 102. The normalized spacial score (nSPS) is 17.2. The van der Waals surface area contributed by atoms with Gasteiger partial charge in [-0.3, -0.25) is 91.6 Å². The quantitative estimate of drug-likeness (QED) is 0.0316. The molecule has 16 heterocycles. The molecule has 51 nitrogen and oxygen atoms in total. The Bertz CT molecular complexity index is 6640. The summed E-state index contributed by atoms with van der Waals surface area (Å²) in [5.74, 6) is -1.31. The molecule has 6 aliphatic rings. The highest BCUT2D eigenvalue weighted by Crippen LogP contribution is 2.31. The summed E-state index contributed by atoms with van der Waals surface area (Å²) in [5.41, 5.74) is 36.6. The van der Waals surface area contributed by atoms with Gasteiger partial charge in [0.05, 0.1) is 74.3 Å². The Morgan fingerprint density at radius 1 is 0.361 bits per heavy atom. The second-order valence-corrected chi connectivity index (χ2v) is 34.5. The Kier molecular flexibility index (Phi) is 33.0. The average molecular weight is 1960 g/mol. The molecule has 6 aliphatic heterocycles. The van der Waals surface area contributed by atoms with Gasteiger partial charge in [-0.25, -0.2) is 24.7 Å². The van der Waals surface area contributed by atoms with Crippen LogP contribution in [0.5, 0.6) is 0 Å². The molecular formula is C93H108N40O11. The van der Waals surface area contributed by atoms with E-state index in [4.69, 9.17) is 21.9 Å². The first-order valence-electron chi connectivity index (χ1n) is 45.9. The first-order chi connectivity index (χ1) is 69.2. The van der Waals surface area contributed by atoms with E-state index in [2.05, 4.69) is 133 Å². The summed E-state index contributed by atoms with van der Waals surface area (Å²) in [6, 6.07) is 35.5. The highest BCUT2D eigenvalue weighted by Gasteiger charge is 2.38. The van der Waals surface area contributed by atoms with Crippen molar-refractivity contribution in [3.8, 4) is 0 Å². The van der Waals surface area contributed by atoms with Crippen LogP contribution in [-0.2, 0) is 135 Å². The third-order valence-corrected chi connectivity index (χ3v) is 23.9. The molecule has 0 fully saturated rings. The van der Waals surface area contributed by atoms with Gasteiger partial charge in [0, 0.05) is 150 Å². The molecule has 0 bridgehead atoms. The van der Waals surface area contributed by atoms with Gasteiger partial charge in [-0.2, -0.15) is 30.6 Å². The minimum Gasteiger partial charge on any atom is -0.475 e. The lowest BCUT2D eigenvalue weighted by molar-refractivity contribution is -0.120. The standard InChI is InChI=1S/3C19H21N7O2.C10H9N3O2.C9H12N6O.C9H14N4O.C8H10N6O/c3*1-25-11-15-13(24-25)8-9-14(19(28)26(15)2)20-18(27)17-21-16(22-23-17)10-12-6-4-3-5-7-12;14-10(15)9-11-8(12-13-9)6-7-4-2-1-3-5-7;1-14-5-8-6(12-14)3-4-7(11-13-10)9(16)15(8)2;1-12-5-8-7(11-12)4-3-6(10)9(14)13(8)2;1-14-4-7-5(12-14)2-3-6(11-13-9)8(15)10-7/h3*3-7,11,14H,8-10H2,1-2H3,(H,20,27)(H,21,22,23);1-5H,6H2,(H,14,15)(H,11,12,13);5,7H,3-4H2,1-2H3;5-6H,3-4,10H2,1-2H3;4,6H,2-3H2,1H3,(H,10,15)/t2*14-;;;;;/m10...../s1. The topological polar surface area (TPSA) is 652 Å². The molecule has 14 aromatic rings. The second-order valence-electron chi connectivity index (χ2n) is 34.5. The monoisotopic (exact) mass is 1960 g/mol. The van der Waals surface area contributed by atoms with Crippen molar-refractivity contribution in [2.45, 2.75) is 139 Å².